The fourth-order valence-electron chi connectivity index (χ4n) is 8.71. The van der Waals surface area contributed by atoms with Crippen LogP contribution < -0.4 is 15.9 Å². The quantitative estimate of drug-likeness (QED) is 0.152. The van der Waals surface area contributed by atoms with Gasteiger partial charge in [-0.3, -0.25) is 0 Å². The predicted molar refractivity (Wildman–Crippen MR) is 244 cm³/mol. The molecule has 0 radical (unpaired) electrons. The third-order valence-electron chi connectivity index (χ3n) is 11.5. The Bertz CT molecular complexity index is 3360. The van der Waals surface area contributed by atoms with Crippen LogP contribution in [0.3, 0.4) is 0 Å². The Morgan fingerprint density at radius 1 is 0.345 bits per heavy atom. The molecule has 0 fully saturated rings. The van der Waals surface area contributed by atoms with Gasteiger partial charge in [0.2, 0.25) is 0 Å². The molecule has 0 aliphatic rings. The molecule has 0 aliphatic carbocycles. The monoisotopic (exact) mass is 761 g/mol. The Kier molecular flexibility index (Phi) is 8.10. The van der Waals surface area contributed by atoms with Crippen molar-refractivity contribution >= 4 is 66.8 Å². The molecular formula is C54H36NO2P. The van der Waals surface area contributed by atoms with E-state index in [1.54, 1.807) is 0 Å². The lowest BCUT2D eigenvalue weighted by molar-refractivity contribution is 0.592. The van der Waals surface area contributed by atoms with E-state index >= 15 is 4.57 Å². The average molecular weight is 762 g/mol. The second kappa shape index (κ2) is 13.8. The molecule has 0 amide bonds. The van der Waals surface area contributed by atoms with Gasteiger partial charge in [-0.05, 0) is 88.0 Å². The fourth-order valence-corrected chi connectivity index (χ4v) is 11.4. The minimum Gasteiger partial charge on any atom is -0.456 e. The molecule has 2 aromatic heterocycles. The Morgan fingerprint density at radius 2 is 0.931 bits per heavy atom. The van der Waals surface area contributed by atoms with E-state index in [1.165, 1.54) is 11.1 Å². The van der Waals surface area contributed by atoms with Gasteiger partial charge in [0, 0.05) is 43.1 Å². The molecule has 1 unspecified atom stereocenters. The lowest BCUT2D eigenvalue weighted by Gasteiger charge is -2.21. The van der Waals surface area contributed by atoms with E-state index in [2.05, 4.69) is 174 Å². The molecule has 58 heavy (non-hydrogen) atoms. The zero-order valence-corrected chi connectivity index (χ0v) is 32.4. The molecule has 0 bridgehead atoms. The van der Waals surface area contributed by atoms with Crippen LogP contribution in [0.25, 0.3) is 82.8 Å². The van der Waals surface area contributed by atoms with Crippen molar-refractivity contribution < 1.29 is 8.98 Å². The minimum absolute atomic E-state index is 0.798. The Morgan fingerprint density at radius 3 is 1.74 bits per heavy atom. The summed E-state index contributed by atoms with van der Waals surface area (Å²) in [4.78, 5) is 0. The highest BCUT2D eigenvalue weighted by Crippen LogP contribution is 2.45. The number of nitrogens with zero attached hydrogens (tertiary/aromatic N) is 1. The van der Waals surface area contributed by atoms with Crippen LogP contribution in [0.2, 0.25) is 0 Å². The number of fused-ring (bicyclic) bond motifs is 6. The normalized spacial score (nSPS) is 12.7. The largest absolute Gasteiger partial charge is 0.456 e. The molecule has 9 aromatic carbocycles. The van der Waals surface area contributed by atoms with Crippen molar-refractivity contribution in [1.82, 2.24) is 4.57 Å². The summed E-state index contributed by atoms with van der Waals surface area (Å²) >= 11 is 0. The molecule has 2 heterocycles. The van der Waals surface area contributed by atoms with Gasteiger partial charge in [0.1, 0.15) is 11.2 Å². The van der Waals surface area contributed by atoms with Gasteiger partial charge in [0.05, 0.1) is 11.0 Å². The van der Waals surface area contributed by atoms with Crippen LogP contribution in [-0.2, 0) is 4.57 Å². The first-order chi connectivity index (χ1) is 28.6. The van der Waals surface area contributed by atoms with E-state index in [-0.39, 0.29) is 0 Å². The number of benzene rings is 9. The molecule has 11 aromatic rings. The van der Waals surface area contributed by atoms with Crippen molar-refractivity contribution in [2.75, 3.05) is 0 Å². The number of hydrogen-bond donors (Lipinski definition) is 0. The maximum atomic E-state index is 16.0. The van der Waals surface area contributed by atoms with Crippen LogP contribution in [0.5, 0.6) is 0 Å². The van der Waals surface area contributed by atoms with E-state index in [0.717, 1.165) is 87.6 Å². The molecule has 0 spiro atoms. The van der Waals surface area contributed by atoms with Crippen LogP contribution in [-0.4, -0.2) is 4.57 Å². The SMILES string of the molecule is O=P(c1ccccc1)(c1ccc(-c2ccccc2-c2cccc(-c3ccccc3)c2)cc1)c1ccc2c(c1)c1ccccc1n2-c1ccc2oc3ccccc3c2c1. The number of hydrogen-bond acceptors (Lipinski definition) is 2. The topological polar surface area (TPSA) is 35.1 Å². The molecule has 0 saturated carbocycles. The van der Waals surface area contributed by atoms with Crippen molar-refractivity contribution in [2.24, 2.45) is 0 Å². The summed E-state index contributed by atoms with van der Waals surface area (Å²) in [6, 6.07) is 75.6. The van der Waals surface area contributed by atoms with Gasteiger partial charge in [0.25, 0.3) is 0 Å². The van der Waals surface area contributed by atoms with Crippen molar-refractivity contribution in [3.63, 3.8) is 0 Å². The average Bonchev–Trinajstić information content (AvgIpc) is 3.84. The molecule has 274 valence electrons. The Hall–Kier alpha value is -7.19. The summed E-state index contributed by atoms with van der Waals surface area (Å²) in [5, 5.41) is 6.75. The number of furan rings is 1. The van der Waals surface area contributed by atoms with Gasteiger partial charge in [0.15, 0.2) is 7.14 Å². The first-order valence-corrected chi connectivity index (χ1v) is 21.3. The summed E-state index contributed by atoms with van der Waals surface area (Å²) in [5.74, 6) is 0. The highest BCUT2D eigenvalue weighted by molar-refractivity contribution is 7.85. The van der Waals surface area contributed by atoms with Crippen molar-refractivity contribution in [3.05, 3.63) is 218 Å². The van der Waals surface area contributed by atoms with Gasteiger partial charge < -0.3 is 13.5 Å². The molecular weight excluding hydrogens is 726 g/mol. The molecule has 0 saturated heterocycles. The smallest absolute Gasteiger partial charge is 0.171 e. The van der Waals surface area contributed by atoms with E-state index in [4.69, 9.17) is 4.42 Å². The van der Waals surface area contributed by atoms with E-state index in [1.807, 2.05) is 48.5 Å². The summed E-state index contributed by atoms with van der Waals surface area (Å²) in [7, 11) is -3.32. The van der Waals surface area contributed by atoms with Crippen LogP contribution in [0.15, 0.2) is 223 Å². The van der Waals surface area contributed by atoms with E-state index in [0.29, 0.717) is 0 Å². The van der Waals surface area contributed by atoms with Crippen LogP contribution in [0.1, 0.15) is 0 Å². The lowest BCUT2D eigenvalue weighted by atomic mass is 9.93. The Labute approximate surface area is 336 Å². The number of aromatic nitrogens is 1. The summed E-state index contributed by atoms with van der Waals surface area (Å²) in [6.07, 6.45) is 0. The maximum absolute atomic E-state index is 16.0. The molecule has 0 N–H and O–H groups in total. The molecule has 0 aliphatic heterocycles. The zero-order chi connectivity index (χ0) is 38.6. The van der Waals surface area contributed by atoms with Gasteiger partial charge in [-0.25, -0.2) is 0 Å². The molecule has 1 atom stereocenters. The first-order valence-electron chi connectivity index (χ1n) is 19.6. The second-order valence-corrected chi connectivity index (χ2v) is 17.6. The van der Waals surface area contributed by atoms with Gasteiger partial charge in [-0.2, -0.15) is 0 Å². The van der Waals surface area contributed by atoms with Gasteiger partial charge in [-0.1, -0.05) is 164 Å². The second-order valence-electron chi connectivity index (χ2n) is 14.8. The summed E-state index contributed by atoms with van der Waals surface area (Å²) in [6.45, 7) is 0. The van der Waals surface area contributed by atoms with Crippen molar-refractivity contribution in [2.45, 2.75) is 0 Å². The summed E-state index contributed by atoms with van der Waals surface area (Å²) < 4.78 is 24.5. The number of rotatable bonds is 7. The van der Waals surface area contributed by atoms with Gasteiger partial charge in [-0.15, -0.1) is 0 Å². The predicted octanol–water partition coefficient (Wildman–Crippen LogP) is 13.3. The third-order valence-corrected chi connectivity index (χ3v) is 14.6. The Balaban J connectivity index is 1.03. The first kappa shape index (κ1) is 34.1. The van der Waals surface area contributed by atoms with E-state index < -0.39 is 7.14 Å². The molecule has 11 rings (SSSR count). The highest BCUT2D eigenvalue weighted by Gasteiger charge is 2.31. The number of para-hydroxylation sites is 2. The van der Waals surface area contributed by atoms with Crippen LogP contribution >= 0.6 is 7.14 Å². The summed E-state index contributed by atoms with van der Waals surface area (Å²) in [5.41, 5.74) is 11.8. The van der Waals surface area contributed by atoms with Crippen molar-refractivity contribution in [3.8, 4) is 39.1 Å². The highest BCUT2D eigenvalue weighted by atomic mass is 31.2. The van der Waals surface area contributed by atoms with Crippen LogP contribution in [0.4, 0.5) is 0 Å². The van der Waals surface area contributed by atoms with Gasteiger partial charge >= 0.3 is 0 Å². The molecule has 3 nitrogen and oxygen atoms in total. The zero-order valence-electron chi connectivity index (χ0n) is 31.5. The fraction of sp³-hybridized carbons (Fsp3) is 0. The minimum atomic E-state index is -3.32. The van der Waals surface area contributed by atoms with E-state index in [9.17, 15) is 0 Å². The molecule has 4 heteroatoms. The standard InChI is InChI=1S/C54H36NO2P/c56-58(42-18-5-2-6-19-42,43-29-26-38(27-30-43)45-20-7-8-21-46(45)40-17-13-16-39(34-40)37-14-3-1-4-15-37)44-31-32-52-49(36-44)47-22-9-11-24-51(47)55(52)41-28-33-54-50(35-41)48-23-10-12-25-53(48)57-54/h1-36H. The maximum Gasteiger partial charge on any atom is 0.171 e. The van der Waals surface area contributed by atoms with Crippen molar-refractivity contribution in [1.29, 1.82) is 0 Å². The lowest BCUT2D eigenvalue weighted by Crippen LogP contribution is -2.25. The third kappa shape index (κ3) is 5.55. The van der Waals surface area contributed by atoms with Crippen LogP contribution in [0, 0.1) is 0 Å².